The number of carbonyl (C=O) groups is 2. The third-order valence-electron chi connectivity index (χ3n) is 1.75. The van der Waals surface area contributed by atoms with Crippen LogP contribution in [0.2, 0.25) is 0 Å². The van der Waals surface area contributed by atoms with Crippen LogP contribution in [0.25, 0.3) is 0 Å². The molecule has 3 N–H and O–H groups in total. The van der Waals surface area contributed by atoms with Gasteiger partial charge in [0.05, 0.1) is 0 Å². The number of aliphatic carboxylic acids is 1. The lowest BCUT2D eigenvalue weighted by atomic mass is 9.98. The van der Waals surface area contributed by atoms with E-state index >= 15 is 0 Å². The maximum Gasteiger partial charge on any atom is 0.315 e. The Morgan fingerprint density at radius 3 is 2.82 bits per heavy atom. The number of nitrogens with two attached hydrogens (primary N) is 1. The molecule has 5 heteroatoms. The number of piperidine rings is 1. The molecule has 11 heavy (non-hydrogen) atoms. The Hall–Kier alpha value is -0.940. The molecule has 0 aliphatic carbocycles. The quantitative estimate of drug-likeness (QED) is 0.371. The normalized spacial score (nSPS) is 27.0. The number of hydrazine groups is 1. The van der Waals surface area contributed by atoms with Crippen LogP contribution in [-0.2, 0) is 9.59 Å². The average Bonchev–Trinajstić information content (AvgIpc) is 1.94. The van der Waals surface area contributed by atoms with Crippen molar-refractivity contribution in [3.8, 4) is 0 Å². The van der Waals surface area contributed by atoms with Crippen LogP contribution in [0.3, 0.4) is 0 Å². The van der Waals surface area contributed by atoms with Crippen LogP contribution in [0.5, 0.6) is 0 Å². The minimum Gasteiger partial charge on any atom is -0.481 e. The summed E-state index contributed by atoms with van der Waals surface area (Å²) >= 11 is 0. The van der Waals surface area contributed by atoms with Gasteiger partial charge in [-0.15, -0.1) is 0 Å². The van der Waals surface area contributed by atoms with E-state index in [0.717, 1.165) is 0 Å². The Kier molecular flexibility index (Phi) is 2.21. The van der Waals surface area contributed by atoms with E-state index in [1.165, 1.54) is 5.01 Å². The molecule has 0 aromatic heterocycles. The predicted molar refractivity (Wildman–Crippen MR) is 36.5 cm³/mol. The largest absolute Gasteiger partial charge is 0.481 e. The summed E-state index contributed by atoms with van der Waals surface area (Å²) in [6, 6.07) is 0. The Morgan fingerprint density at radius 2 is 2.36 bits per heavy atom. The molecule has 1 unspecified atom stereocenters. The molecular formula is C6H10N2O3. The van der Waals surface area contributed by atoms with Crippen molar-refractivity contribution in [1.29, 1.82) is 0 Å². The van der Waals surface area contributed by atoms with Gasteiger partial charge in [0.2, 0.25) is 0 Å². The first-order chi connectivity index (χ1) is 5.11. The van der Waals surface area contributed by atoms with E-state index in [1.54, 1.807) is 0 Å². The van der Waals surface area contributed by atoms with Crippen molar-refractivity contribution in [3.63, 3.8) is 0 Å². The molecule has 1 rings (SSSR count). The fourth-order valence-corrected chi connectivity index (χ4v) is 1.07. The first kappa shape index (κ1) is 8.16. The molecule has 62 valence electrons. The van der Waals surface area contributed by atoms with Crippen molar-refractivity contribution in [1.82, 2.24) is 5.01 Å². The Morgan fingerprint density at radius 1 is 1.73 bits per heavy atom. The standard InChI is InChI=1S/C6H10N2O3/c7-8-2-1-5(9)4(3-8)6(10)11/h4H,1-3,7H2,(H,10,11). The van der Waals surface area contributed by atoms with E-state index in [0.29, 0.717) is 6.54 Å². The van der Waals surface area contributed by atoms with Gasteiger partial charge in [-0.25, -0.2) is 5.01 Å². The molecule has 0 amide bonds. The summed E-state index contributed by atoms with van der Waals surface area (Å²) in [6.07, 6.45) is 0.244. The summed E-state index contributed by atoms with van der Waals surface area (Å²) in [7, 11) is 0. The highest BCUT2D eigenvalue weighted by Crippen LogP contribution is 2.09. The van der Waals surface area contributed by atoms with Gasteiger partial charge in [0.25, 0.3) is 0 Å². The zero-order chi connectivity index (χ0) is 8.43. The van der Waals surface area contributed by atoms with E-state index in [-0.39, 0.29) is 18.7 Å². The number of carbonyl (C=O) groups excluding carboxylic acids is 1. The SMILES string of the molecule is NN1CCC(=O)C(C(=O)O)C1. The van der Waals surface area contributed by atoms with Gasteiger partial charge in [0, 0.05) is 19.5 Å². The number of rotatable bonds is 1. The fourth-order valence-electron chi connectivity index (χ4n) is 1.07. The van der Waals surface area contributed by atoms with Crippen LogP contribution in [-0.4, -0.2) is 35.0 Å². The summed E-state index contributed by atoms with van der Waals surface area (Å²) in [5.74, 6) is 3.12. The number of hydrogen-bond acceptors (Lipinski definition) is 4. The van der Waals surface area contributed by atoms with E-state index in [4.69, 9.17) is 10.9 Å². The number of nitrogens with zero attached hydrogens (tertiary/aromatic N) is 1. The maximum absolute atomic E-state index is 10.9. The second-order valence-corrected chi connectivity index (χ2v) is 2.60. The van der Waals surface area contributed by atoms with Crippen molar-refractivity contribution in [3.05, 3.63) is 0 Å². The van der Waals surface area contributed by atoms with Crippen molar-refractivity contribution in [2.24, 2.45) is 11.8 Å². The first-order valence-electron chi connectivity index (χ1n) is 3.36. The molecule has 1 fully saturated rings. The monoisotopic (exact) mass is 158 g/mol. The molecule has 1 aliphatic rings. The minimum atomic E-state index is -1.08. The lowest BCUT2D eigenvalue weighted by Crippen LogP contribution is -2.47. The molecule has 1 aliphatic heterocycles. The van der Waals surface area contributed by atoms with E-state index in [9.17, 15) is 9.59 Å². The molecule has 0 aromatic rings. The van der Waals surface area contributed by atoms with Gasteiger partial charge in [-0.1, -0.05) is 0 Å². The van der Waals surface area contributed by atoms with E-state index in [2.05, 4.69) is 0 Å². The molecule has 0 radical (unpaired) electrons. The third kappa shape index (κ3) is 1.75. The lowest BCUT2D eigenvalue weighted by molar-refractivity contribution is -0.148. The maximum atomic E-state index is 10.9. The Balaban J connectivity index is 2.61. The van der Waals surface area contributed by atoms with Crippen LogP contribution < -0.4 is 5.84 Å². The van der Waals surface area contributed by atoms with Gasteiger partial charge in [0.15, 0.2) is 0 Å². The van der Waals surface area contributed by atoms with Gasteiger partial charge < -0.3 is 5.11 Å². The second kappa shape index (κ2) is 2.98. The van der Waals surface area contributed by atoms with Gasteiger partial charge >= 0.3 is 5.97 Å². The summed E-state index contributed by atoms with van der Waals surface area (Å²) in [5, 5.41) is 9.88. The first-order valence-corrected chi connectivity index (χ1v) is 3.36. The van der Waals surface area contributed by atoms with Crippen LogP contribution in [0.15, 0.2) is 0 Å². The highest BCUT2D eigenvalue weighted by atomic mass is 16.4. The zero-order valence-electron chi connectivity index (χ0n) is 5.99. The summed E-state index contributed by atoms with van der Waals surface area (Å²) in [5.41, 5.74) is 0. The van der Waals surface area contributed by atoms with Crippen molar-refractivity contribution < 1.29 is 14.7 Å². The lowest BCUT2D eigenvalue weighted by Gasteiger charge is -2.25. The van der Waals surface area contributed by atoms with Crippen LogP contribution in [0.1, 0.15) is 6.42 Å². The topological polar surface area (TPSA) is 83.6 Å². The molecule has 0 spiro atoms. The van der Waals surface area contributed by atoms with Gasteiger partial charge in [-0.2, -0.15) is 0 Å². The number of carboxylic acids is 1. The minimum absolute atomic E-state index is 0.133. The number of ketones is 1. The second-order valence-electron chi connectivity index (χ2n) is 2.60. The molecule has 1 heterocycles. The Bertz CT molecular complexity index is 192. The van der Waals surface area contributed by atoms with E-state index in [1.807, 2.05) is 0 Å². The highest BCUT2D eigenvalue weighted by Gasteiger charge is 2.31. The number of hydrogen-bond donors (Lipinski definition) is 2. The number of carboxylic acid groups (broad SMARTS) is 1. The van der Waals surface area contributed by atoms with Crippen LogP contribution >= 0.6 is 0 Å². The fraction of sp³-hybridized carbons (Fsp3) is 0.667. The molecule has 0 aromatic carbocycles. The Labute approximate surface area is 63.7 Å². The van der Waals surface area contributed by atoms with Gasteiger partial charge in [-0.05, 0) is 0 Å². The average molecular weight is 158 g/mol. The van der Waals surface area contributed by atoms with Crippen molar-refractivity contribution in [2.75, 3.05) is 13.1 Å². The summed E-state index contributed by atoms with van der Waals surface area (Å²) in [4.78, 5) is 21.3. The third-order valence-corrected chi connectivity index (χ3v) is 1.75. The molecule has 0 saturated carbocycles. The number of Topliss-reactive ketones (excluding diaryl/α,β-unsaturated/α-hetero) is 1. The molecular weight excluding hydrogens is 148 g/mol. The van der Waals surface area contributed by atoms with Gasteiger partial charge in [-0.3, -0.25) is 15.4 Å². The van der Waals surface area contributed by atoms with E-state index < -0.39 is 11.9 Å². The highest BCUT2D eigenvalue weighted by molar-refractivity contribution is 5.99. The summed E-state index contributed by atoms with van der Waals surface area (Å²) < 4.78 is 0. The molecule has 5 nitrogen and oxygen atoms in total. The molecule has 1 atom stereocenters. The predicted octanol–water partition coefficient (Wildman–Crippen LogP) is -1.16. The van der Waals surface area contributed by atoms with Crippen molar-refractivity contribution >= 4 is 11.8 Å². The zero-order valence-corrected chi connectivity index (χ0v) is 5.99. The molecule has 0 bridgehead atoms. The smallest absolute Gasteiger partial charge is 0.315 e. The van der Waals surface area contributed by atoms with Crippen molar-refractivity contribution in [2.45, 2.75) is 6.42 Å². The van der Waals surface area contributed by atoms with Gasteiger partial charge in [0.1, 0.15) is 11.7 Å². The molecule has 1 saturated heterocycles. The van der Waals surface area contributed by atoms with Crippen LogP contribution in [0.4, 0.5) is 0 Å². The van der Waals surface area contributed by atoms with Crippen LogP contribution in [0, 0.1) is 5.92 Å². The summed E-state index contributed by atoms with van der Waals surface area (Å²) in [6.45, 7) is 0.594.